The molecule has 156 valence electrons. The molecule has 2 aromatic carbocycles. The lowest BCUT2D eigenvalue weighted by Gasteiger charge is -2.26. The van der Waals surface area contributed by atoms with Gasteiger partial charge < -0.3 is 10.6 Å². The van der Waals surface area contributed by atoms with E-state index in [9.17, 15) is 18.0 Å². The lowest BCUT2D eigenvalue weighted by molar-refractivity contribution is -0.137. The van der Waals surface area contributed by atoms with Crippen LogP contribution < -0.4 is 10.6 Å². The molecule has 0 saturated carbocycles. The predicted octanol–water partition coefficient (Wildman–Crippen LogP) is 4.42. The van der Waals surface area contributed by atoms with Crippen molar-refractivity contribution in [2.24, 2.45) is 0 Å². The predicted molar refractivity (Wildman–Crippen MR) is 107 cm³/mol. The maximum Gasteiger partial charge on any atom is 0.416 e. The van der Waals surface area contributed by atoms with E-state index in [2.05, 4.69) is 27.7 Å². The van der Waals surface area contributed by atoms with Gasteiger partial charge in [-0.2, -0.15) is 13.2 Å². The standard InChI is InChI=1S/C22H26F3N3O/c23-22(24,25)19-5-4-6-20(13-19)26-15-21(29)27-14-17-7-9-18(10-8-17)16-28-11-2-1-3-12-28/h4-10,13,26H,1-3,11-12,14-16H2,(H,27,29). The number of anilines is 1. The number of hydrogen-bond acceptors (Lipinski definition) is 3. The third kappa shape index (κ3) is 6.78. The fraction of sp³-hybridized carbons (Fsp3) is 0.409. The Morgan fingerprint density at radius 1 is 0.966 bits per heavy atom. The third-order valence-corrected chi connectivity index (χ3v) is 5.01. The van der Waals surface area contributed by atoms with Gasteiger partial charge in [-0.05, 0) is 55.3 Å². The zero-order valence-corrected chi connectivity index (χ0v) is 16.3. The molecule has 0 radical (unpaired) electrons. The van der Waals surface area contributed by atoms with E-state index >= 15 is 0 Å². The molecule has 0 bridgehead atoms. The largest absolute Gasteiger partial charge is 0.416 e. The molecule has 4 nitrogen and oxygen atoms in total. The van der Waals surface area contributed by atoms with E-state index in [1.165, 1.54) is 37.0 Å². The summed E-state index contributed by atoms with van der Waals surface area (Å²) < 4.78 is 38.2. The smallest absolute Gasteiger partial charge is 0.376 e. The quantitative estimate of drug-likeness (QED) is 0.717. The van der Waals surface area contributed by atoms with Crippen molar-refractivity contribution < 1.29 is 18.0 Å². The van der Waals surface area contributed by atoms with Gasteiger partial charge in [-0.3, -0.25) is 9.69 Å². The first-order valence-electron chi connectivity index (χ1n) is 9.88. The summed E-state index contributed by atoms with van der Waals surface area (Å²) in [5.74, 6) is -0.278. The zero-order valence-electron chi connectivity index (χ0n) is 16.3. The van der Waals surface area contributed by atoms with E-state index < -0.39 is 11.7 Å². The highest BCUT2D eigenvalue weighted by Crippen LogP contribution is 2.30. The second kappa shape index (κ2) is 9.78. The summed E-state index contributed by atoms with van der Waals surface area (Å²) in [5.41, 5.74) is 1.76. The second-order valence-corrected chi connectivity index (χ2v) is 7.36. The summed E-state index contributed by atoms with van der Waals surface area (Å²) in [5, 5.41) is 5.51. The highest BCUT2D eigenvalue weighted by Gasteiger charge is 2.30. The van der Waals surface area contributed by atoms with Gasteiger partial charge in [0.15, 0.2) is 0 Å². The summed E-state index contributed by atoms with van der Waals surface area (Å²) in [6, 6.07) is 13.0. The summed E-state index contributed by atoms with van der Waals surface area (Å²) >= 11 is 0. The zero-order chi connectivity index (χ0) is 20.7. The molecule has 0 spiro atoms. The Labute approximate surface area is 169 Å². The molecule has 29 heavy (non-hydrogen) atoms. The molecule has 0 unspecified atom stereocenters. The monoisotopic (exact) mass is 405 g/mol. The maximum atomic E-state index is 12.7. The van der Waals surface area contributed by atoms with Crippen molar-refractivity contribution in [3.63, 3.8) is 0 Å². The van der Waals surface area contributed by atoms with Crippen LogP contribution in [-0.4, -0.2) is 30.4 Å². The number of halogens is 3. The summed E-state index contributed by atoms with van der Waals surface area (Å²) in [4.78, 5) is 14.5. The Bertz CT molecular complexity index is 800. The molecule has 1 amide bonds. The molecular weight excluding hydrogens is 379 g/mol. The first kappa shape index (κ1) is 21.2. The fourth-order valence-electron chi connectivity index (χ4n) is 3.39. The minimum Gasteiger partial charge on any atom is -0.376 e. The van der Waals surface area contributed by atoms with Gasteiger partial charge in [0.05, 0.1) is 12.1 Å². The highest BCUT2D eigenvalue weighted by molar-refractivity contribution is 5.80. The van der Waals surface area contributed by atoms with E-state index in [0.29, 0.717) is 6.54 Å². The van der Waals surface area contributed by atoms with Crippen LogP contribution in [0.2, 0.25) is 0 Å². The number of rotatable bonds is 7. The van der Waals surface area contributed by atoms with Crippen molar-refractivity contribution in [3.05, 3.63) is 65.2 Å². The molecule has 1 fully saturated rings. The van der Waals surface area contributed by atoms with Crippen LogP contribution in [0.5, 0.6) is 0 Å². The van der Waals surface area contributed by atoms with Gasteiger partial charge in [-0.1, -0.05) is 36.8 Å². The van der Waals surface area contributed by atoms with Crippen LogP contribution in [0.4, 0.5) is 18.9 Å². The van der Waals surface area contributed by atoms with Crippen LogP contribution in [0.25, 0.3) is 0 Å². The van der Waals surface area contributed by atoms with Crippen molar-refractivity contribution in [2.75, 3.05) is 25.0 Å². The van der Waals surface area contributed by atoms with Crippen LogP contribution in [0.3, 0.4) is 0 Å². The van der Waals surface area contributed by atoms with Crippen molar-refractivity contribution in [1.29, 1.82) is 0 Å². The SMILES string of the molecule is O=C(CNc1cccc(C(F)(F)F)c1)NCc1ccc(CN2CCCCC2)cc1. The van der Waals surface area contributed by atoms with Crippen molar-refractivity contribution >= 4 is 11.6 Å². The molecule has 0 aliphatic carbocycles. The molecular formula is C22H26F3N3O. The van der Waals surface area contributed by atoms with E-state index in [1.807, 2.05) is 12.1 Å². The first-order chi connectivity index (χ1) is 13.9. The second-order valence-electron chi connectivity index (χ2n) is 7.36. The number of hydrogen-bond donors (Lipinski definition) is 2. The number of carbonyl (C=O) groups is 1. The third-order valence-electron chi connectivity index (χ3n) is 5.01. The molecule has 0 atom stereocenters. The number of alkyl halides is 3. The minimum atomic E-state index is -4.40. The first-order valence-corrected chi connectivity index (χ1v) is 9.88. The summed E-state index contributed by atoms with van der Waals surface area (Å²) in [6.45, 7) is 3.54. The van der Waals surface area contributed by atoms with Crippen molar-refractivity contribution in [1.82, 2.24) is 10.2 Å². The van der Waals surface area contributed by atoms with Gasteiger partial charge in [0.1, 0.15) is 0 Å². The highest BCUT2D eigenvalue weighted by atomic mass is 19.4. The number of amides is 1. The number of likely N-dealkylation sites (tertiary alicyclic amines) is 1. The normalized spacial score (nSPS) is 15.1. The van der Waals surface area contributed by atoms with Gasteiger partial charge in [-0.15, -0.1) is 0 Å². The summed E-state index contributed by atoms with van der Waals surface area (Å²) in [7, 11) is 0. The van der Waals surface area contributed by atoms with Crippen LogP contribution in [0.1, 0.15) is 36.0 Å². The van der Waals surface area contributed by atoms with Crippen LogP contribution >= 0.6 is 0 Å². The van der Waals surface area contributed by atoms with E-state index in [0.717, 1.165) is 37.3 Å². The molecule has 1 saturated heterocycles. The van der Waals surface area contributed by atoms with Gasteiger partial charge in [0.2, 0.25) is 5.91 Å². The van der Waals surface area contributed by atoms with Gasteiger partial charge in [-0.25, -0.2) is 0 Å². The lowest BCUT2D eigenvalue weighted by atomic mass is 10.1. The molecule has 0 aromatic heterocycles. The minimum absolute atomic E-state index is 0.0889. The molecule has 7 heteroatoms. The molecule has 2 aromatic rings. The Kier molecular flexibility index (Phi) is 7.14. The molecule has 1 aliphatic rings. The molecule has 1 heterocycles. The molecule has 3 rings (SSSR count). The number of nitrogens with one attached hydrogen (secondary N) is 2. The number of piperidine rings is 1. The van der Waals surface area contributed by atoms with Gasteiger partial charge in [0.25, 0.3) is 0 Å². The number of carbonyl (C=O) groups excluding carboxylic acids is 1. The van der Waals surface area contributed by atoms with Crippen LogP contribution in [-0.2, 0) is 24.1 Å². The summed E-state index contributed by atoms with van der Waals surface area (Å²) in [6.07, 6.45) is -0.560. The Hall–Kier alpha value is -2.54. The fourth-order valence-corrected chi connectivity index (χ4v) is 3.39. The van der Waals surface area contributed by atoms with Crippen LogP contribution in [0.15, 0.2) is 48.5 Å². The van der Waals surface area contributed by atoms with E-state index in [-0.39, 0.29) is 18.1 Å². The van der Waals surface area contributed by atoms with Gasteiger partial charge in [0, 0.05) is 18.8 Å². The Morgan fingerprint density at radius 2 is 1.66 bits per heavy atom. The Balaban J connectivity index is 1.42. The molecule has 1 aliphatic heterocycles. The lowest BCUT2D eigenvalue weighted by Crippen LogP contribution is -2.29. The van der Waals surface area contributed by atoms with Gasteiger partial charge >= 0.3 is 6.18 Å². The average Bonchev–Trinajstić information content (AvgIpc) is 2.72. The van der Waals surface area contributed by atoms with E-state index in [4.69, 9.17) is 0 Å². The maximum absolute atomic E-state index is 12.7. The molecule has 2 N–H and O–H groups in total. The average molecular weight is 405 g/mol. The van der Waals surface area contributed by atoms with Crippen molar-refractivity contribution in [3.8, 4) is 0 Å². The van der Waals surface area contributed by atoms with E-state index in [1.54, 1.807) is 0 Å². The number of benzene rings is 2. The topological polar surface area (TPSA) is 44.4 Å². The van der Waals surface area contributed by atoms with Crippen LogP contribution in [0, 0.1) is 0 Å². The number of nitrogens with zero attached hydrogens (tertiary/aromatic N) is 1. The van der Waals surface area contributed by atoms with Crippen molar-refractivity contribution in [2.45, 2.75) is 38.5 Å². The Morgan fingerprint density at radius 3 is 2.34 bits per heavy atom.